The number of cyclic esters (lactones) is 1. The highest BCUT2D eigenvalue weighted by molar-refractivity contribution is 7.22. The van der Waals surface area contributed by atoms with Crippen LogP contribution < -0.4 is 4.90 Å². The van der Waals surface area contributed by atoms with E-state index in [0.717, 1.165) is 53.2 Å². The lowest BCUT2D eigenvalue weighted by atomic mass is 10.0. The van der Waals surface area contributed by atoms with E-state index in [1.807, 2.05) is 66.9 Å². The minimum absolute atomic E-state index is 0.348. The van der Waals surface area contributed by atoms with E-state index >= 15 is 0 Å². The molecule has 0 spiro atoms. The molecule has 3 heterocycles. The van der Waals surface area contributed by atoms with Crippen LogP contribution >= 0.6 is 11.3 Å². The van der Waals surface area contributed by atoms with E-state index in [-0.39, 0.29) is 0 Å². The van der Waals surface area contributed by atoms with Crippen LogP contribution in [-0.2, 0) is 9.53 Å². The normalized spacial score (nSPS) is 17.9. The first kappa shape index (κ1) is 19.0. The predicted molar refractivity (Wildman–Crippen MR) is 128 cm³/mol. The minimum Gasteiger partial charge on any atom is -0.402 e. The molecule has 2 aliphatic rings. The van der Waals surface area contributed by atoms with Gasteiger partial charge in [-0.1, -0.05) is 59.9 Å². The number of benzene rings is 3. The monoisotopic (exact) mass is 440 g/mol. The average molecular weight is 441 g/mol. The van der Waals surface area contributed by atoms with E-state index in [1.54, 1.807) is 11.3 Å². The molecule has 7 heteroatoms. The molecular formula is C25H20N4O2S. The number of nitrogens with zero attached hydrogens (tertiary/aromatic N) is 4. The third-order valence-corrected chi connectivity index (χ3v) is 6.91. The van der Waals surface area contributed by atoms with E-state index < -0.39 is 5.97 Å². The van der Waals surface area contributed by atoms with Crippen LogP contribution in [0.2, 0.25) is 0 Å². The summed E-state index contributed by atoms with van der Waals surface area (Å²) >= 11 is 1.72. The second-order valence-electron chi connectivity index (χ2n) is 7.83. The Morgan fingerprint density at radius 3 is 2.56 bits per heavy atom. The largest absolute Gasteiger partial charge is 0.402 e. The molecule has 0 atom stereocenters. The molecule has 1 fully saturated rings. The van der Waals surface area contributed by atoms with Crippen molar-refractivity contribution in [1.29, 1.82) is 0 Å². The van der Waals surface area contributed by atoms with Gasteiger partial charge in [-0.3, -0.25) is 0 Å². The maximum absolute atomic E-state index is 12.5. The third-order valence-electron chi connectivity index (χ3n) is 5.81. The number of thiazole rings is 1. The van der Waals surface area contributed by atoms with Crippen molar-refractivity contribution in [2.75, 3.05) is 31.1 Å². The molecule has 0 saturated carbocycles. The van der Waals surface area contributed by atoms with Crippen LogP contribution in [0.1, 0.15) is 5.56 Å². The van der Waals surface area contributed by atoms with Crippen LogP contribution in [0, 0.1) is 0 Å². The Morgan fingerprint density at radius 1 is 0.906 bits per heavy atom. The SMILES string of the molecule is O=C1OC(c2cccc3ccccc23)=N/C1=C/N1CCN(c2nc3ccccc3s2)CC1. The maximum Gasteiger partial charge on any atom is 0.365 e. The van der Waals surface area contributed by atoms with Crippen molar-refractivity contribution in [1.82, 2.24) is 9.88 Å². The van der Waals surface area contributed by atoms with Gasteiger partial charge in [-0.15, -0.1) is 0 Å². The van der Waals surface area contributed by atoms with Crippen LogP contribution in [0.4, 0.5) is 5.13 Å². The molecule has 0 radical (unpaired) electrons. The van der Waals surface area contributed by atoms with Crippen molar-refractivity contribution in [3.8, 4) is 0 Å². The molecule has 0 bridgehead atoms. The molecule has 1 aromatic heterocycles. The number of carbonyl (C=O) groups is 1. The van der Waals surface area contributed by atoms with Crippen LogP contribution in [0.15, 0.2) is 83.6 Å². The molecule has 0 amide bonds. The Labute approximate surface area is 189 Å². The lowest BCUT2D eigenvalue weighted by Crippen LogP contribution is -2.44. The van der Waals surface area contributed by atoms with Crippen molar-refractivity contribution in [3.63, 3.8) is 0 Å². The number of carbonyl (C=O) groups excluding carboxylic acids is 1. The Balaban J connectivity index is 1.20. The molecule has 6 rings (SSSR count). The fourth-order valence-corrected chi connectivity index (χ4v) is 5.15. The molecule has 4 aromatic rings. The number of ether oxygens (including phenoxy) is 1. The van der Waals surface area contributed by atoms with Gasteiger partial charge >= 0.3 is 5.97 Å². The first-order valence-electron chi connectivity index (χ1n) is 10.6. The molecule has 158 valence electrons. The summed E-state index contributed by atoms with van der Waals surface area (Å²) in [6.45, 7) is 3.29. The Morgan fingerprint density at radius 2 is 1.69 bits per heavy atom. The number of fused-ring (bicyclic) bond motifs is 2. The molecule has 3 aromatic carbocycles. The summed E-state index contributed by atoms with van der Waals surface area (Å²) in [6, 6.07) is 22.2. The highest BCUT2D eigenvalue weighted by Crippen LogP contribution is 2.29. The van der Waals surface area contributed by atoms with Crippen LogP contribution in [0.5, 0.6) is 0 Å². The number of aromatic nitrogens is 1. The summed E-state index contributed by atoms with van der Waals surface area (Å²) in [5.74, 6) is -0.0345. The van der Waals surface area contributed by atoms with Gasteiger partial charge in [-0.2, -0.15) is 0 Å². The fourth-order valence-electron chi connectivity index (χ4n) is 4.14. The summed E-state index contributed by atoms with van der Waals surface area (Å²) in [6.07, 6.45) is 1.83. The van der Waals surface area contributed by atoms with Gasteiger partial charge in [0.05, 0.1) is 10.2 Å². The van der Waals surface area contributed by atoms with E-state index in [0.29, 0.717) is 11.6 Å². The molecule has 6 nitrogen and oxygen atoms in total. The molecule has 0 aliphatic carbocycles. The number of hydrogen-bond donors (Lipinski definition) is 0. The van der Waals surface area contributed by atoms with Crippen LogP contribution in [0.25, 0.3) is 21.0 Å². The molecular weight excluding hydrogens is 420 g/mol. The van der Waals surface area contributed by atoms with Gasteiger partial charge in [0, 0.05) is 37.9 Å². The van der Waals surface area contributed by atoms with E-state index in [9.17, 15) is 4.79 Å². The van der Waals surface area contributed by atoms with Gasteiger partial charge in [-0.05, 0) is 29.0 Å². The maximum atomic E-state index is 12.5. The molecule has 0 unspecified atom stereocenters. The fraction of sp³-hybridized carbons (Fsp3) is 0.160. The summed E-state index contributed by atoms with van der Waals surface area (Å²) in [7, 11) is 0. The number of piperazine rings is 1. The zero-order chi connectivity index (χ0) is 21.5. The van der Waals surface area contributed by atoms with E-state index in [2.05, 4.69) is 20.9 Å². The van der Waals surface area contributed by atoms with Crippen molar-refractivity contribution in [2.24, 2.45) is 4.99 Å². The molecule has 1 saturated heterocycles. The summed E-state index contributed by atoms with van der Waals surface area (Å²) in [5.41, 5.74) is 2.22. The predicted octanol–water partition coefficient (Wildman–Crippen LogP) is 4.42. The minimum atomic E-state index is -0.401. The van der Waals surface area contributed by atoms with Crippen molar-refractivity contribution < 1.29 is 9.53 Å². The van der Waals surface area contributed by atoms with Crippen molar-refractivity contribution in [3.05, 3.63) is 84.2 Å². The zero-order valence-corrected chi connectivity index (χ0v) is 18.1. The summed E-state index contributed by atoms with van der Waals surface area (Å²) in [5, 5.41) is 3.16. The van der Waals surface area contributed by atoms with Gasteiger partial charge in [0.25, 0.3) is 0 Å². The Hall–Kier alpha value is -3.71. The van der Waals surface area contributed by atoms with Gasteiger partial charge in [0.2, 0.25) is 5.90 Å². The molecule has 32 heavy (non-hydrogen) atoms. The van der Waals surface area contributed by atoms with Gasteiger partial charge in [-0.25, -0.2) is 14.8 Å². The molecule has 0 N–H and O–H groups in total. The number of anilines is 1. The second kappa shape index (κ2) is 7.76. The second-order valence-corrected chi connectivity index (χ2v) is 8.84. The quantitative estimate of drug-likeness (QED) is 0.349. The van der Waals surface area contributed by atoms with Gasteiger partial charge in [0.1, 0.15) is 0 Å². The lowest BCUT2D eigenvalue weighted by Gasteiger charge is -2.33. The summed E-state index contributed by atoms with van der Waals surface area (Å²) < 4.78 is 6.74. The lowest BCUT2D eigenvalue weighted by molar-refractivity contribution is -0.130. The number of hydrogen-bond acceptors (Lipinski definition) is 7. The standard InChI is InChI=1S/C25H20N4O2S/c30-24-21(26-23(31-24)19-9-5-7-17-6-1-2-8-18(17)19)16-28-12-14-29(15-13-28)25-27-20-10-3-4-11-22(20)32-25/h1-11,16H,12-15H2/b21-16+. The average Bonchev–Trinajstić information content (AvgIpc) is 3.43. The first-order valence-corrected chi connectivity index (χ1v) is 11.4. The Kier molecular flexibility index (Phi) is 4.61. The first-order chi connectivity index (χ1) is 15.7. The number of esters is 1. The smallest absolute Gasteiger partial charge is 0.365 e. The van der Waals surface area contributed by atoms with Gasteiger partial charge in [0.15, 0.2) is 10.8 Å². The zero-order valence-electron chi connectivity index (χ0n) is 17.3. The summed E-state index contributed by atoms with van der Waals surface area (Å²) in [4.78, 5) is 26.2. The van der Waals surface area contributed by atoms with Crippen molar-refractivity contribution in [2.45, 2.75) is 0 Å². The topological polar surface area (TPSA) is 58.0 Å². The van der Waals surface area contributed by atoms with Crippen LogP contribution in [-0.4, -0.2) is 47.9 Å². The van der Waals surface area contributed by atoms with Crippen LogP contribution in [0.3, 0.4) is 0 Å². The highest BCUT2D eigenvalue weighted by atomic mass is 32.1. The van der Waals surface area contributed by atoms with E-state index in [4.69, 9.17) is 9.72 Å². The number of para-hydroxylation sites is 1. The third kappa shape index (κ3) is 3.40. The highest BCUT2D eigenvalue weighted by Gasteiger charge is 2.27. The molecule has 2 aliphatic heterocycles. The number of rotatable bonds is 3. The van der Waals surface area contributed by atoms with E-state index in [1.165, 1.54) is 4.70 Å². The van der Waals surface area contributed by atoms with Gasteiger partial charge < -0.3 is 14.5 Å². The van der Waals surface area contributed by atoms with Crippen molar-refractivity contribution >= 4 is 49.3 Å². The Bertz CT molecular complexity index is 1360. The number of aliphatic imine (C=N–C) groups is 1.